The summed E-state index contributed by atoms with van der Waals surface area (Å²) < 4.78 is 29.5. The Kier molecular flexibility index (Phi) is 9.57. The van der Waals surface area contributed by atoms with E-state index in [1.807, 2.05) is 13.0 Å². The summed E-state index contributed by atoms with van der Waals surface area (Å²) in [7, 11) is -3.60. The summed E-state index contributed by atoms with van der Waals surface area (Å²) in [5.41, 5.74) is 2.59. The van der Waals surface area contributed by atoms with Gasteiger partial charge in [0.2, 0.25) is 10.0 Å². The summed E-state index contributed by atoms with van der Waals surface area (Å²) in [6.07, 6.45) is 4.59. The van der Waals surface area contributed by atoms with Crippen molar-refractivity contribution in [3.63, 3.8) is 0 Å². The molecule has 7 nitrogen and oxygen atoms in total. The lowest BCUT2D eigenvalue weighted by molar-refractivity contribution is 0.0983. The number of nitrogens with zero attached hydrogens (tertiary/aromatic N) is 4. The van der Waals surface area contributed by atoms with Gasteiger partial charge in [-0.1, -0.05) is 51.5 Å². The number of thiazole rings is 1. The highest BCUT2D eigenvalue weighted by Gasteiger charge is 2.32. The van der Waals surface area contributed by atoms with Crippen molar-refractivity contribution in [2.75, 3.05) is 37.6 Å². The molecule has 1 saturated heterocycles. The summed E-state index contributed by atoms with van der Waals surface area (Å²) in [5, 5.41) is 0.668. The largest absolute Gasteiger partial charge is 0.302 e. The SMILES string of the molecule is CCc1ccc2nc(N(CCN(CC)CC)C(=O)c3ccc(S(=O)(=O)N4CCCCC4CC)cc3)sc2c1. The number of fused-ring (bicyclic) bond motifs is 1. The maximum absolute atomic E-state index is 13.8. The molecule has 0 saturated carbocycles. The maximum Gasteiger partial charge on any atom is 0.260 e. The number of hydrogen-bond donors (Lipinski definition) is 0. The van der Waals surface area contributed by atoms with Gasteiger partial charge in [0.1, 0.15) is 0 Å². The van der Waals surface area contributed by atoms with E-state index in [2.05, 4.69) is 37.8 Å². The fourth-order valence-electron chi connectivity index (χ4n) is 5.12. The van der Waals surface area contributed by atoms with E-state index >= 15 is 0 Å². The molecule has 0 N–H and O–H groups in total. The molecule has 0 spiro atoms. The lowest BCUT2D eigenvalue weighted by atomic mass is 10.0. The predicted octanol–water partition coefficient (Wildman–Crippen LogP) is 5.80. The molecular weight excluding hydrogens is 516 g/mol. The molecule has 0 bridgehead atoms. The van der Waals surface area contributed by atoms with Crippen LogP contribution in [0, 0.1) is 0 Å². The number of amides is 1. The molecule has 0 aliphatic carbocycles. The Hall–Kier alpha value is -2.33. The number of hydrogen-bond acceptors (Lipinski definition) is 6. The van der Waals surface area contributed by atoms with E-state index < -0.39 is 10.0 Å². The Labute approximate surface area is 231 Å². The number of likely N-dealkylation sites (N-methyl/N-ethyl adjacent to an activating group) is 1. The summed E-state index contributed by atoms with van der Waals surface area (Å²) in [4.78, 5) is 22.9. The van der Waals surface area contributed by atoms with E-state index in [0.29, 0.717) is 23.8 Å². The number of sulfonamides is 1. The van der Waals surface area contributed by atoms with Crippen LogP contribution >= 0.6 is 11.3 Å². The van der Waals surface area contributed by atoms with Gasteiger partial charge in [0, 0.05) is 31.2 Å². The van der Waals surface area contributed by atoms with Crippen molar-refractivity contribution in [2.24, 2.45) is 0 Å². The monoisotopic (exact) mass is 556 g/mol. The van der Waals surface area contributed by atoms with Gasteiger partial charge in [-0.2, -0.15) is 4.31 Å². The van der Waals surface area contributed by atoms with E-state index in [4.69, 9.17) is 4.98 Å². The smallest absolute Gasteiger partial charge is 0.260 e. The molecule has 1 unspecified atom stereocenters. The van der Waals surface area contributed by atoms with Crippen LogP contribution in [0.1, 0.15) is 69.3 Å². The van der Waals surface area contributed by atoms with Crippen LogP contribution in [0.25, 0.3) is 10.2 Å². The first-order chi connectivity index (χ1) is 18.3. The number of carbonyl (C=O) groups excluding carboxylic acids is 1. The Bertz CT molecular complexity index is 1330. The van der Waals surface area contributed by atoms with Crippen molar-refractivity contribution in [3.8, 4) is 0 Å². The van der Waals surface area contributed by atoms with Crippen molar-refractivity contribution in [2.45, 2.75) is 70.7 Å². The van der Waals surface area contributed by atoms with Gasteiger partial charge in [-0.15, -0.1) is 0 Å². The highest BCUT2D eigenvalue weighted by atomic mass is 32.2. The van der Waals surface area contributed by atoms with Crippen LogP contribution in [0.2, 0.25) is 0 Å². The van der Waals surface area contributed by atoms with Crippen LogP contribution in [-0.4, -0.2) is 67.3 Å². The predicted molar refractivity (Wildman–Crippen MR) is 157 cm³/mol. The minimum absolute atomic E-state index is 0.0397. The molecule has 206 valence electrons. The van der Waals surface area contributed by atoms with Gasteiger partial charge in [0.25, 0.3) is 5.91 Å². The van der Waals surface area contributed by atoms with Crippen LogP contribution in [0.5, 0.6) is 0 Å². The molecule has 1 aliphatic heterocycles. The highest BCUT2D eigenvalue weighted by Crippen LogP contribution is 2.31. The number of rotatable bonds is 11. The van der Waals surface area contributed by atoms with Gasteiger partial charge in [-0.05, 0) is 80.7 Å². The second kappa shape index (κ2) is 12.7. The molecule has 4 rings (SSSR count). The molecule has 1 aliphatic rings. The van der Waals surface area contributed by atoms with Crippen LogP contribution in [0.4, 0.5) is 5.13 Å². The number of aromatic nitrogens is 1. The minimum atomic E-state index is -3.60. The van der Waals surface area contributed by atoms with Crippen molar-refractivity contribution >= 4 is 42.6 Å². The summed E-state index contributed by atoms with van der Waals surface area (Å²) >= 11 is 1.53. The fraction of sp³-hybridized carbons (Fsp3) is 0.517. The minimum Gasteiger partial charge on any atom is -0.302 e. The normalized spacial score (nSPS) is 16.8. The van der Waals surface area contributed by atoms with Crippen LogP contribution < -0.4 is 4.90 Å². The molecular formula is C29H40N4O3S2. The zero-order chi connectivity index (χ0) is 27.3. The van der Waals surface area contributed by atoms with Crippen molar-refractivity contribution in [3.05, 3.63) is 53.6 Å². The Morgan fingerprint density at radius 2 is 1.76 bits per heavy atom. The van der Waals surface area contributed by atoms with Crippen LogP contribution in [-0.2, 0) is 16.4 Å². The van der Waals surface area contributed by atoms with E-state index in [1.165, 1.54) is 16.9 Å². The Morgan fingerprint density at radius 1 is 1.03 bits per heavy atom. The van der Waals surface area contributed by atoms with Gasteiger partial charge in [-0.3, -0.25) is 9.69 Å². The number of piperidine rings is 1. The molecule has 9 heteroatoms. The van der Waals surface area contributed by atoms with Crippen LogP contribution in [0.3, 0.4) is 0 Å². The first-order valence-electron chi connectivity index (χ1n) is 13.9. The third kappa shape index (κ3) is 6.11. The summed E-state index contributed by atoms with van der Waals surface area (Å²) in [6.45, 7) is 12.0. The zero-order valence-corrected chi connectivity index (χ0v) is 24.7. The lowest BCUT2D eigenvalue weighted by Gasteiger charge is -2.34. The quantitative estimate of drug-likeness (QED) is 0.298. The van der Waals surface area contributed by atoms with E-state index in [9.17, 15) is 13.2 Å². The second-order valence-corrected chi connectivity index (χ2v) is 12.7. The third-order valence-electron chi connectivity index (χ3n) is 7.61. The maximum atomic E-state index is 13.8. The standard InChI is InChI=1S/C29H40N4O3S2/c1-5-22-12-17-26-27(21-22)37-29(30-26)32(20-19-31(7-3)8-4)28(34)23-13-15-25(16-14-23)38(35,36)33-18-10-9-11-24(33)6-2/h12-17,21,24H,5-11,18-20H2,1-4H3. The van der Waals surface area contributed by atoms with Gasteiger partial charge in [0.05, 0.1) is 15.1 Å². The molecule has 1 atom stereocenters. The van der Waals surface area contributed by atoms with Crippen LogP contribution in [0.15, 0.2) is 47.4 Å². The van der Waals surface area contributed by atoms with Crippen molar-refractivity contribution < 1.29 is 13.2 Å². The van der Waals surface area contributed by atoms with Crippen molar-refractivity contribution in [1.29, 1.82) is 0 Å². The molecule has 0 radical (unpaired) electrons. The molecule has 38 heavy (non-hydrogen) atoms. The molecule has 3 aromatic rings. The second-order valence-electron chi connectivity index (χ2n) is 9.83. The van der Waals surface area contributed by atoms with Gasteiger partial charge >= 0.3 is 0 Å². The zero-order valence-electron chi connectivity index (χ0n) is 23.0. The highest BCUT2D eigenvalue weighted by molar-refractivity contribution is 7.89. The average molecular weight is 557 g/mol. The first kappa shape index (κ1) is 28.7. The molecule has 2 aromatic carbocycles. The number of benzene rings is 2. The molecule has 2 heterocycles. The van der Waals surface area contributed by atoms with E-state index in [0.717, 1.165) is 62.0 Å². The average Bonchev–Trinajstić information content (AvgIpc) is 3.38. The fourth-order valence-corrected chi connectivity index (χ4v) is 7.94. The molecule has 1 amide bonds. The topological polar surface area (TPSA) is 73.8 Å². The lowest BCUT2D eigenvalue weighted by Crippen LogP contribution is -2.43. The molecule has 1 aromatic heterocycles. The third-order valence-corrected chi connectivity index (χ3v) is 10.6. The van der Waals surface area contributed by atoms with Crippen molar-refractivity contribution in [1.82, 2.24) is 14.2 Å². The summed E-state index contributed by atoms with van der Waals surface area (Å²) in [5.74, 6) is -0.166. The number of anilines is 1. The van der Waals surface area contributed by atoms with Gasteiger partial charge < -0.3 is 4.90 Å². The number of carbonyl (C=O) groups is 1. The Morgan fingerprint density at radius 3 is 2.42 bits per heavy atom. The Balaban J connectivity index is 1.62. The number of aryl methyl sites for hydroxylation is 1. The van der Waals surface area contributed by atoms with Gasteiger partial charge in [0.15, 0.2) is 5.13 Å². The van der Waals surface area contributed by atoms with E-state index in [-0.39, 0.29) is 16.8 Å². The van der Waals surface area contributed by atoms with E-state index in [1.54, 1.807) is 33.5 Å². The first-order valence-corrected chi connectivity index (χ1v) is 16.1. The summed E-state index contributed by atoms with van der Waals surface area (Å²) in [6, 6.07) is 12.7. The molecule has 1 fully saturated rings. The van der Waals surface area contributed by atoms with Gasteiger partial charge in [-0.25, -0.2) is 13.4 Å².